The van der Waals surface area contributed by atoms with Crippen molar-refractivity contribution >= 4 is 33.2 Å². The Morgan fingerprint density at radius 3 is 2.95 bits per heavy atom. The van der Waals surface area contributed by atoms with Gasteiger partial charge in [-0.2, -0.15) is 5.10 Å². The summed E-state index contributed by atoms with van der Waals surface area (Å²) in [6.45, 7) is 2.98. The maximum atomic E-state index is 9.57. The molecule has 0 aliphatic carbocycles. The third-order valence-corrected chi connectivity index (χ3v) is 4.17. The van der Waals surface area contributed by atoms with Gasteiger partial charge >= 0.3 is 0 Å². The van der Waals surface area contributed by atoms with Crippen LogP contribution in [0.4, 0.5) is 5.69 Å². The number of nitrogens with one attached hydrogen (secondary N) is 1. The molecule has 0 radical (unpaired) electrons. The summed E-state index contributed by atoms with van der Waals surface area (Å²) in [6, 6.07) is 5.39. The fourth-order valence-corrected chi connectivity index (χ4v) is 2.43. The monoisotopic (exact) mass is 357 g/mol. The van der Waals surface area contributed by atoms with Gasteiger partial charge in [0.1, 0.15) is 0 Å². The molecule has 1 aromatic carbocycles. The first kappa shape index (κ1) is 15.4. The van der Waals surface area contributed by atoms with Gasteiger partial charge in [-0.25, -0.2) is 0 Å². The molecular formula is C14H17BrClN3O. The van der Waals surface area contributed by atoms with Crippen LogP contribution in [0, 0.1) is 0 Å². The summed E-state index contributed by atoms with van der Waals surface area (Å²) in [5.74, 6) is 0. The minimum atomic E-state index is -0.186. The number of halogens is 2. The third-order valence-electron chi connectivity index (χ3n) is 2.95. The van der Waals surface area contributed by atoms with Crippen molar-refractivity contribution in [3.05, 3.63) is 45.7 Å². The van der Waals surface area contributed by atoms with E-state index in [0.717, 1.165) is 28.7 Å². The lowest BCUT2D eigenvalue weighted by Crippen LogP contribution is -2.14. The largest absolute Gasteiger partial charge is 0.394 e. The molecule has 2 aromatic rings. The first-order valence-electron chi connectivity index (χ1n) is 6.48. The van der Waals surface area contributed by atoms with Crippen molar-refractivity contribution in [1.29, 1.82) is 0 Å². The summed E-state index contributed by atoms with van der Waals surface area (Å²) < 4.78 is 2.71. The Bertz CT molecular complexity index is 573. The SMILES string of the molecule is CCCn1cc(C(CO)Nc2ccc(Cl)c(Br)c2)cn1. The number of hydrogen-bond acceptors (Lipinski definition) is 3. The van der Waals surface area contributed by atoms with E-state index in [0.29, 0.717) is 5.02 Å². The summed E-state index contributed by atoms with van der Waals surface area (Å²) in [7, 11) is 0. The van der Waals surface area contributed by atoms with Gasteiger partial charge in [0, 0.05) is 28.5 Å². The molecule has 1 aromatic heterocycles. The number of rotatable bonds is 6. The summed E-state index contributed by atoms with van der Waals surface area (Å²) >= 11 is 9.36. The van der Waals surface area contributed by atoms with Gasteiger partial charge in [0.15, 0.2) is 0 Å². The molecule has 0 aliphatic rings. The highest BCUT2D eigenvalue weighted by Crippen LogP contribution is 2.27. The highest BCUT2D eigenvalue weighted by molar-refractivity contribution is 9.10. The Labute approximate surface area is 131 Å². The number of hydrogen-bond donors (Lipinski definition) is 2. The van der Waals surface area contributed by atoms with Crippen LogP contribution in [-0.2, 0) is 6.54 Å². The van der Waals surface area contributed by atoms with E-state index in [1.54, 1.807) is 6.20 Å². The number of aromatic nitrogens is 2. The molecule has 2 rings (SSSR count). The molecule has 0 saturated heterocycles. The predicted molar refractivity (Wildman–Crippen MR) is 85.1 cm³/mol. The normalized spacial score (nSPS) is 12.4. The van der Waals surface area contributed by atoms with E-state index in [1.807, 2.05) is 29.1 Å². The van der Waals surface area contributed by atoms with E-state index in [4.69, 9.17) is 11.6 Å². The Morgan fingerprint density at radius 2 is 2.30 bits per heavy atom. The van der Waals surface area contributed by atoms with Crippen LogP contribution < -0.4 is 5.32 Å². The molecule has 1 heterocycles. The molecule has 0 aliphatic heterocycles. The molecule has 20 heavy (non-hydrogen) atoms. The van der Waals surface area contributed by atoms with Gasteiger partial charge in [0.2, 0.25) is 0 Å². The average Bonchev–Trinajstić information content (AvgIpc) is 2.89. The highest BCUT2D eigenvalue weighted by atomic mass is 79.9. The van der Waals surface area contributed by atoms with Crippen molar-refractivity contribution in [3.63, 3.8) is 0 Å². The van der Waals surface area contributed by atoms with Crippen molar-refractivity contribution in [2.75, 3.05) is 11.9 Å². The van der Waals surface area contributed by atoms with Gasteiger partial charge in [-0.3, -0.25) is 4.68 Å². The van der Waals surface area contributed by atoms with Crippen LogP contribution in [0.2, 0.25) is 5.02 Å². The predicted octanol–water partition coefficient (Wildman–Crippen LogP) is 3.85. The minimum Gasteiger partial charge on any atom is -0.394 e. The molecule has 1 unspecified atom stereocenters. The lowest BCUT2D eigenvalue weighted by molar-refractivity contribution is 0.276. The van der Waals surface area contributed by atoms with Gasteiger partial charge in [0.05, 0.1) is 23.9 Å². The fraction of sp³-hybridized carbons (Fsp3) is 0.357. The molecule has 0 spiro atoms. The zero-order valence-corrected chi connectivity index (χ0v) is 13.5. The maximum Gasteiger partial charge on any atom is 0.0775 e. The summed E-state index contributed by atoms with van der Waals surface area (Å²) in [6.07, 6.45) is 4.78. The van der Waals surface area contributed by atoms with Crippen LogP contribution in [0.3, 0.4) is 0 Å². The fourth-order valence-electron chi connectivity index (χ4n) is 1.93. The average molecular weight is 359 g/mol. The van der Waals surface area contributed by atoms with Gasteiger partial charge in [-0.1, -0.05) is 18.5 Å². The van der Waals surface area contributed by atoms with Crippen LogP contribution in [0.25, 0.3) is 0 Å². The summed E-state index contributed by atoms with van der Waals surface area (Å²) in [4.78, 5) is 0. The first-order valence-corrected chi connectivity index (χ1v) is 7.66. The van der Waals surface area contributed by atoms with Crippen LogP contribution in [0.1, 0.15) is 24.9 Å². The van der Waals surface area contributed by atoms with E-state index in [2.05, 4.69) is 33.3 Å². The van der Waals surface area contributed by atoms with Crippen molar-refractivity contribution in [2.24, 2.45) is 0 Å². The number of benzene rings is 1. The number of aliphatic hydroxyl groups is 1. The molecule has 0 saturated carbocycles. The molecule has 1 atom stereocenters. The molecule has 2 N–H and O–H groups in total. The summed E-state index contributed by atoms with van der Waals surface area (Å²) in [5, 5.41) is 17.8. The molecule has 0 amide bonds. The van der Waals surface area contributed by atoms with E-state index in [-0.39, 0.29) is 12.6 Å². The van der Waals surface area contributed by atoms with Crippen molar-refractivity contribution in [1.82, 2.24) is 9.78 Å². The van der Waals surface area contributed by atoms with Gasteiger partial charge < -0.3 is 10.4 Å². The van der Waals surface area contributed by atoms with Crippen LogP contribution in [0.15, 0.2) is 35.1 Å². The Morgan fingerprint density at radius 1 is 1.50 bits per heavy atom. The lowest BCUT2D eigenvalue weighted by Gasteiger charge is -2.16. The number of aryl methyl sites for hydroxylation is 1. The molecular weight excluding hydrogens is 342 g/mol. The van der Waals surface area contributed by atoms with Crippen LogP contribution in [-0.4, -0.2) is 21.5 Å². The second-order valence-electron chi connectivity index (χ2n) is 4.55. The number of aliphatic hydroxyl groups excluding tert-OH is 1. The van der Waals surface area contributed by atoms with Gasteiger partial charge in [-0.05, 0) is 40.5 Å². The van der Waals surface area contributed by atoms with Gasteiger partial charge in [-0.15, -0.1) is 0 Å². The lowest BCUT2D eigenvalue weighted by atomic mass is 10.1. The minimum absolute atomic E-state index is 0.00192. The molecule has 0 bridgehead atoms. The number of nitrogens with zero attached hydrogens (tertiary/aromatic N) is 2. The topological polar surface area (TPSA) is 50.1 Å². The van der Waals surface area contributed by atoms with E-state index in [1.165, 1.54) is 0 Å². The van der Waals surface area contributed by atoms with Crippen LogP contribution in [0.5, 0.6) is 0 Å². The highest BCUT2D eigenvalue weighted by Gasteiger charge is 2.13. The van der Waals surface area contributed by atoms with Gasteiger partial charge in [0.25, 0.3) is 0 Å². The Kier molecular flexibility index (Phi) is 5.46. The smallest absolute Gasteiger partial charge is 0.0775 e. The standard InChI is InChI=1S/C14H17BrClN3O/c1-2-5-19-8-10(7-17-19)14(9-20)18-11-3-4-13(16)12(15)6-11/h3-4,6-8,14,18,20H,2,5,9H2,1H3. The number of anilines is 1. The molecule has 4 nitrogen and oxygen atoms in total. The zero-order chi connectivity index (χ0) is 14.5. The first-order chi connectivity index (χ1) is 9.63. The quantitative estimate of drug-likeness (QED) is 0.824. The Balaban J connectivity index is 2.12. The van der Waals surface area contributed by atoms with E-state index < -0.39 is 0 Å². The zero-order valence-electron chi connectivity index (χ0n) is 11.2. The Hall–Kier alpha value is -1.04. The molecule has 0 fully saturated rings. The van der Waals surface area contributed by atoms with E-state index >= 15 is 0 Å². The third kappa shape index (κ3) is 3.75. The maximum absolute atomic E-state index is 9.57. The van der Waals surface area contributed by atoms with Crippen molar-refractivity contribution in [3.8, 4) is 0 Å². The van der Waals surface area contributed by atoms with E-state index in [9.17, 15) is 5.11 Å². The second kappa shape index (κ2) is 7.11. The summed E-state index contributed by atoms with van der Waals surface area (Å²) in [5.41, 5.74) is 1.86. The second-order valence-corrected chi connectivity index (χ2v) is 5.81. The van der Waals surface area contributed by atoms with Crippen molar-refractivity contribution < 1.29 is 5.11 Å². The molecule has 108 valence electrons. The molecule has 6 heteroatoms. The van der Waals surface area contributed by atoms with Crippen molar-refractivity contribution in [2.45, 2.75) is 25.9 Å². The van der Waals surface area contributed by atoms with Crippen LogP contribution >= 0.6 is 27.5 Å².